The normalized spacial score (nSPS) is 14.8. The molecule has 8 heteroatoms. The molecule has 7 nitrogen and oxygen atoms in total. The Bertz CT molecular complexity index is 1480. The molecule has 1 atom stereocenters. The summed E-state index contributed by atoms with van der Waals surface area (Å²) in [5, 5.41) is 29.2. The van der Waals surface area contributed by atoms with E-state index in [-0.39, 0.29) is 24.0 Å². The zero-order valence-electron chi connectivity index (χ0n) is 20.2. The van der Waals surface area contributed by atoms with Crippen LogP contribution in [0.1, 0.15) is 51.3 Å². The van der Waals surface area contributed by atoms with Crippen LogP contribution in [0.25, 0.3) is 11.3 Å². The molecular weight excluding hydrogens is 478 g/mol. The van der Waals surface area contributed by atoms with Crippen molar-refractivity contribution in [3.8, 4) is 28.5 Å². The second-order valence-electron chi connectivity index (χ2n) is 8.93. The number of rotatable bonds is 6. The van der Waals surface area contributed by atoms with Crippen LogP contribution in [0.15, 0.2) is 54.6 Å². The van der Waals surface area contributed by atoms with E-state index in [1.165, 1.54) is 0 Å². The maximum Gasteiger partial charge on any atom is 0.273 e. The number of halogens is 1. The molecule has 4 aromatic rings. The minimum atomic E-state index is -0.558. The van der Waals surface area contributed by atoms with E-state index >= 15 is 0 Å². The van der Waals surface area contributed by atoms with Gasteiger partial charge in [0.25, 0.3) is 5.91 Å². The van der Waals surface area contributed by atoms with Crippen LogP contribution in [0.5, 0.6) is 17.2 Å². The fraction of sp³-hybridized carbons (Fsp3) is 0.214. The van der Waals surface area contributed by atoms with Gasteiger partial charge in [0.1, 0.15) is 17.1 Å². The second-order valence-corrected chi connectivity index (χ2v) is 9.33. The number of H-pyrrole nitrogens is 1. The molecule has 36 heavy (non-hydrogen) atoms. The molecule has 3 aromatic carbocycles. The summed E-state index contributed by atoms with van der Waals surface area (Å²) in [6.07, 6.45) is 0. The first-order valence-electron chi connectivity index (χ1n) is 11.7. The van der Waals surface area contributed by atoms with Gasteiger partial charge in [-0.15, -0.1) is 0 Å². The molecule has 1 aromatic heterocycles. The van der Waals surface area contributed by atoms with Crippen molar-refractivity contribution in [3.05, 3.63) is 93.1 Å². The highest BCUT2D eigenvalue weighted by molar-refractivity contribution is 6.31. The second kappa shape index (κ2) is 9.24. The quantitative estimate of drug-likeness (QED) is 0.304. The van der Waals surface area contributed by atoms with Gasteiger partial charge in [0.2, 0.25) is 0 Å². The topological polar surface area (TPSA) is 98.7 Å². The van der Waals surface area contributed by atoms with Gasteiger partial charge >= 0.3 is 0 Å². The number of aromatic nitrogens is 2. The van der Waals surface area contributed by atoms with Crippen molar-refractivity contribution in [2.45, 2.75) is 33.4 Å². The molecule has 0 unspecified atom stereocenters. The minimum absolute atomic E-state index is 0.0159. The molecule has 2 heterocycles. The summed E-state index contributed by atoms with van der Waals surface area (Å²) >= 11 is 6.46. The monoisotopic (exact) mass is 503 g/mol. The van der Waals surface area contributed by atoms with E-state index in [0.717, 1.165) is 22.3 Å². The van der Waals surface area contributed by atoms with Crippen LogP contribution in [0.3, 0.4) is 0 Å². The van der Waals surface area contributed by atoms with Crippen LogP contribution in [0.2, 0.25) is 5.02 Å². The first kappa shape index (κ1) is 23.8. The van der Waals surface area contributed by atoms with Gasteiger partial charge in [0.15, 0.2) is 11.5 Å². The van der Waals surface area contributed by atoms with Crippen molar-refractivity contribution in [1.82, 2.24) is 15.1 Å². The molecule has 3 N–H and O–H groups in total. The summed E-state index contributed by atoms with van der Waals surface area (Å²) < 4.78 is 5.63. The number of hydrogen-bond donors (Lipinski definition) is 3. The first-order valence-corrected chi connectivity index (χ1v) is 12.1. The van der Waals surface area contributed by atoms with E-state index in [9.17, 15) is 15.0 Å². The van der Waals surface area contributed by atoms with Crippen LogP contribution >= 0.6 is 11.6 Å². The van der Waals surface area contributed by atoms with Crippen molar-refractivity contribution in [3.63, 3.8) is 0 Å². The zero-order valence-corrected chi connectivity index (χ0v) is 20.9. The lowest BCUT2D eigenvalue weighted by Gasteiger charge is -2.27. The number of aromatic hydroxyl groups is 2. The standard InChI is InChI=1S/C28H26ClN3O4/c1-4-36-22-13-17(9-10-21(22)33)26-23-24(19-12-15(2)11-16(3)27(19)34)30-31-25(23)28(35)32(26)14-18-7-5-6-8-20(18)29/h5-13,26,33-34H,4,14H2,1-3H3,(H,30,31)/t26-/m1/s1. The number of fused-ring (bicyclic) bond motifs is 1. The van der Waals surface area contributed by atoms with Gasteiger partial charge in [-0.2, -0.15) is 5.10 Å². The Morgan fingerprint density at radius 2 is 1.89 bits per heavy atom. The number of phenols is 2. The van der Waals surface area contributed by atoms with Crippen LogP contribution in [-0.2, 0) is 6.54 Å². The third-order valence-electron chi connectivity index (χ3n) is 6.46. The molecule has 0 aliphatic carbocycles. The fourth-order valence-electron chi connectivity index (χ4n) is 4.83. The largest absolute Gasteiger partial charge is 0.507 e. The van der Waals surface area contributed by atoms with Gasteiger partial charge in [0, 0.05) is 22.7 Å². The van der Waals surface area contributed by atoms with Crippen molar-refractivity contribution in [2.75, 3.05) is 6.61 Å². The highest BCUT2D eigenvalue weighted by Gasteiger charge is 2.43. The lowest BCUT2D eigenvalue weighted by molar-refractivity contribution is 0.0730. The maximum absolute atomic E-state index is 13.7. The number of phenolic OH excluding ortho intramolecular Hbond substituents is 2. The highest BCUT2D eigenvalue weighted by Crippen LogP contribution is 2.47. The predicted octanol–water partition coefficient (Wildman–Crippen LogP) is 5.90. The number of aromatic amines is 1. The molecule has 0 fully saturated rings. The maximum atomic E-state index is 13.7. The number of ether oxygens (including phenoxy) is 1. The van der Waals surface area contributed by atoms with Crippen molar-refractivity contribution < 1.29 is 19.7 Å². The number of amides is 1. The summed E-state index contributed by atoms with van der Waals surface area (Å²) in [6, 6.07) is 15.7. The Morgan fingerprint density at radius 1 is 1.11 bits per heavy atom. The summed E-state index contributed by atoms with van der Waals surface area (Å²) in [5.41, 5.74) is 5.28. The van der Waals surface area contributed by atoms with E-state index in [4.69, 9.17) is 16.3 Å². The molecule has 184 valence electrons. The average Bonchev–Trinajstić information content (AvgIpc) is 3.38. The Morgan fingerprint density at radius 3 is 2.64 bits per heavy atom. The van der Waals surface area contributed by atoms with E-state index in [2.05, 4.69) is 10.2 Å². The van der Waals surface area contributed by atoms with E-state index in [1.54, 1.807) is 29.2 Å². The molecule has 5 rings (SSSR count). The van der Waals surface area contributed by atoms with Crippen molar-refractivity contribution >= 4 is 17.5 Å². The number of nitrogens with zero attached hydrogens (tertiary/aromatic N) is 2. The lowest BCUT2D eigenvalue weighted by Crippen LogP contribution is -2.29. The number of aryl methyl sites for hydroxylation is 2. The Labute approximate surface area is 213 Å². The Kier molecular flexibility index (Phi) is 6.10. The van der Waals surface area contributed by atoms with Crippen molar-refractivity contribution in [1.29, 1.82) is 0 Å². The van der Waals surface area contributed by atoms with Gasteiger partial charge in [-0.1, -0.05) is 41.9 Å². The number of benzene rings is 3. The van der Waals surface area contributed by atoms with Gasteiger partial charge in [-0.25, -0.2) is 0 Å². The summed E-state index contributed by atoms with van der Waals surface area (Å²) in [7, 11) is 0. The van der Waals surface area contributed by atoms with Gasteiger partial charge in [-0.3, -0.25) is 9.89 Å². The van der Waals surface area contributed by atoms with Crippen molar-refractivity contribution in [2.24, 2.45) is 0 Å². The lowest BCUT2D eigenvalue weighted by atomic mass is 9.93. The molecular formula is C28H26ClN3O4. The molecule has 0 saturated heterocycles. The molecule has 0 saturated carbocycles. The SMILES string of the molecule is CCOc1cc([C@@H]2c3c(-c4cc(C)cc(C)c4O)n[nH]c3C(=O)N2Cc2ccccc2Cl)ccc1O. The van der Waals surface area contributed by atoms with Gasteiger partial charge in [0.05, 0.1) is 12.6 Å². The minimum Gasteiger partial charge on any atom is -0.507 e. The number of carbonyl (C=O) groups excluding carboxylic acids is 1. The van der Waals surface area contributed by atoms with Crippen LogP contribution in [0, 0.1) is 13.8 Å². The third-order valence-corrected chi connectivity index (χ3v) is 6.83. The predicted molar refractivity (Wildman–Crippen MR) is 138 cm³/mol. The van der Waals surface area contributed by atoms with E-state index < -0.39 is 6.04 Å². The average molecular weight is 504 g/mol. The summed E-state index contributed by atoms with van der Waals surface area (Å²) in [4.78, 5) is 15.4. The number of hydrogen-bond acceptors (Lipinski definition) is 5. The summed E-state index contributed by atoms with van der Waals surface area (Å²) in [5.74, 6) is 0.227. The Hall–Kier alpha value is -3.97. The Balaban J connectivity index is 1.71. The van der Waals surface area contributed by atoms with Gasteiger partial charge < -0.3 is 19.8 Å². The highest BCUT2D eigenvalue weighted by atomic mass is 35.5. The molecule has 1 amide bonds. The van der Waals surface area contributed by atoms with Crippen LogP contribution in [-0.4, -0.2) is 37.8 Å². The third kappa shape index (κ3) is 3.95. The number of carbonyl (C=O) groups is 1. The zero-order chi connectivity index (χ0) is 25.6. The molecule has 1 aliphatic heterocycles. The fourth-order valence-corrected chi connectivity index (χ4v) is 5.03. The molecule has 1 aliphatic rings. The van der Waals surface area contributed by atoms with Crippen LogP contribution in [0.4, 0.5) is 0 Å². The summed E-state index contributed by atoms with van der Waals surface area (Å²) in [6.45, 7) is 6.25. The molecule has 0 bridgehead atoms. The van der Waals surface area contributed by atoms with E-state index in [0.29, 0.717) is 39.9 Å². The van der Waals surface area contributed by atoms with Gasteiger partial charge in [-0.05, 0) is 67.3 Å². The molecule has 0 radical (unpaired) electrons. The number of nitrogens with one attached hydrogen (secondary N) is 1. The molecule has 0 spiro atoms. The van der Waals surface area contributed by atoms with E-state index in [1.807, 2.05) is 51.1 Å². The first-order chi connectivity index (χ1) is 17.3. The smallest absolute Gasteiger partial charge is 0.273 e. The van der Waals surface area contributed by atoms with Crippen LogP contribution < -0.4 is 4.74 Å².